The minimum absolute atomic E-state index is 0.00989. The largest absolute Gasteiger partial charge is 0.393 e. The molecule has 0 spiro atoms. The highest BCUT2D eigenvalue weighted by atomic mass is 16.3. The molecule has 2 nitrogen and oxygen atoms in total. The molecule has 1 N–H and O–H groups in total. The Kier molecular flexibility index (Phi) is 7.92. The Morgan fingerprint density at radius 3 is 2.28 bits per heavy atom. The Morgan fingerprint density at radius 2 is 1.72 bits per heavy atom. The van der Waals surface area contributed by atoms with E-state index < -0.39 is 0 Å². The Labute approximate surface area is 114 Å². The molecule has 1 heterocycles. The van der Waals surface area contributed by atoms with Gasteiger partial charge in [-0.3, -0.25) is 0 Å². The van der Waals surface area contributed by atoms with Crippen LogP contribution in [0.2, 0.25) is 0 Å². The number of aliphatic hydroxyl groups excluding tert-OH is 1. The second-order valence-corrected chi connectivity index (χ2v) is 6.01. The van der Waals surface area contributed by atoms with Gasteiger partial charge >= 0.3 is 0 Å². The van der Waals surface area contributed by atoms with Crippen molar-refractivity contribution in [1.29, 1.82) is 0 Å². The standard InChI is InChI=1S/C14H27NO.C2H6/c1-12-8-10-15(11-12)9-2-3-13-4-6-14(16)7-5-13;1-2/h12-14,16H,2-11H2,1H3;1-2H3. The van der Waals surface area contributed by atoms with E-state index in [2.05, 4.69) is 11.8 Å². The van der Waals surface area contributed by atoms with E-state index in [1.807, 2.05) is 13.8 Å². The normalized spacial score (nSPS) is 33.0. The first-order valence-electron chi connectivity index (χ1n) is 8.14. The van der Waals surface area contributed by atoms with Gasteiger partial charge in [-0.1, -0.05) is 20.8 Å². The minimum atomic E-state index is 0.00989. The Balaban J connectivity index is 0.000000771. The monoisotopic (exact) mass is 255 g/mol. The zero-order chi connectivity index (χ0) is 13.4. The molecule has 0 aromatic carbocycles. The first kappa shape index (κ1) is 16.0. The van der Waals surface area contributed by atoms with Gasteiger partial charge < -0.3 is 10.0 Å². The van der Waals surface area contributed by atoms with Crippen molar-refractivity contribution in [2.24, 2.45) is 11.8 Å². The fourth-order valence-electron chi connectivity index (χ4n) is 3.27. The lowest BCUT2D eigenvalue weighted by molar-refractivity contribution is 0.105. The lowest BCUT2D eigenvalue weighted by atomic mass is 9.84. The first-order chi connectivity index (χ1) is 8.74. The van der Waals surface area contributed by atoms with E-state index >= 15 is 0 Å². The average molecular weight is 255 g/mol. The summed E-state index contributed by atoms with van der Waals surface area (Å²) in [5.41, 5.74) is 0. The summed E-state index contributed by atoms with van der Waals surface area (Å²) < 4.78 is 0. The third-order valence-electron chi connectivity index (χ3n) is 4.41. The van der Waals surface area contributed by atoms with E-state index in [4.69, 9.17) is 0 Å². The van der Waals surface area contributed by atoms with Crippen LogP contribution >= 0.6 is 0 Å². The molecule has 0 aromatic heterocycles. The second-order valence-electron chi connectivity index (χ2n) is 6.01. The first-order valence-corrected chi connectivity index (χ1v) is 8.14. The van der Waals surface area contributed by atoms with Crippen LogP contribution in [-0.2, 0) is 0 Å². The van der Waals surface area contributed by atoms with Crippen molar-refractivity contribution >= 4 is 0 Å². The van der Waals surface area contributed by atoms with Gasteiger partial charge in [0, 0.05) is 6.54 Å². The van der Waals surface area contributed by atoms with E-state index in [1.54, 1.807) is 0 Å². The van der Waals surface area contributed by atoms with Crippen LogP contribution in [0.4, 0.5) is 0 Å². The summed E-state index contributed by atoms with van der Waals surface area (Å²) in [7, 11) is 0. The van der Waals surface area contributed by atoms with Crippen molar-refractivity contribution in [3.63, 3.8) is 0 Å². The number of hydrogen-bond donors (Lipinski definition) is 1. The van der Waals surface area contributed by atoms with Crippen molar-refractivity contribution in [3.8, 4) is 0 Å². The van der Waals surface area contributed by atoms with Crippen LogP contribution in [0.25, 0.3) is 0 Å². The number of rotatable bonds is 4. The van der Waals surface area contributed by atoms with E-state index in [0.717, 1.165) is 24.7 Å². The molecule has 2 aliphatic rings. The highest BCUT2D eigenvalue weighted by molar-refractivity contribution is 4.74. The van der Waals surface area contributed by atoms with Crippen LogP contribution < -0.4 is 0 Å². The average Bonchev–Trinajstić information content (AvgIpc) is 2.80. The molecule has 0 amide bonds. The fraction of sp³-hybridized carbons (Fsp3) is 1.00. The topological polar surface area (TPSA) is 23.5 Å². The summed E-state index contributed by atoms with van der Waals surface area (Å²) in [6.07, 6.45) is 8.78. The Hall–Kier alpha value is -0.0800. The summed E-state index contributed by atoms with van der Waals surface area (Å²) in [5, 5.41) is 9.45. The van der Waals surface area contributed by atoms with Gasteiger partial charge in [0.05, 0.1) is 6.10 Å². The van der Waals surface area contributed by atoms with Crippen molar-refractivity contribution in [2.45, 2.75) is 71.8 Å². The maximum absolute atomic E-state index is 9.45. The van der Waals surface area contributed by atoms with Gasteiger partial charge in [0.1, 0.15) is 0 Å². The van der Waals surface area contributed by atoms with E-state index in [1.165, 1.54) is 51.7 Å². The Morgan fingerprint density at radius 1 is 1.06 bits per heavy atom. The molecule has 1 atom stereocenters. The molecule has 1 unspecified atom stereocenters. The molecule has 1 saturated heterocycles. The highest BCUT2D eigenvalue weighted by Gasteiger charge is 2.21. The maximum Gasteiger partial charge on any atom is 0.0540 e. The third-order valence-corrected chi connectivity index (χ3v) is 4.41. The summed E-state index contributed by atoms with van der Waals surface area (Å²) >= 11 is 0. The lowest BCUT2D eigenvalue weighted by Gasteiger charge is -2.26. The van der Waals surface area contributed by atoms with E-state index in [-0.39, 0.29) is 6.10 Å². The van der Waals surface area contributed by atoms with E-state index in [9.17, 15) is 5.11 Å². The molecule has 108 valence electrons. The molecular weight excluding hydrogens is 222 g/mol. The van der Waals surface area contributed by atoms with Gasteiger partial charge in [-0.05, 0) is 69.9 Å². The molecule has 2 fully saturated rings. The van der Waals surface area contributed by atoms with Crippen LogP contribution in [0.1, 0.15) is 65.7 Å². The molecule has 2 rings (SSSR count). The molecule has 0 aromatic rings. The highest BCUT2D eigenvalue weighted by Crippen LogP contribution is 2.28. The van der Waals surface area contributed by atoms with Crippen molar-refractivity contribution in [3.05, 3.63) is 0 Å². The number of likely N-dealkylation sites (tertiary alicyclic amines) is 1. The number of aliphatic hydroxyl groups is 1. The predicted octanol–water partition coefficient (Wildman–Crippen LogP) is 3.69. The molecule has 18 heavy (non-hydrogen) atoms. The van der Waals surface area contributed by atoms with E-state index in [0.29, 0.717) is 0 Å². The molecular formula is C16H33NO. The van der Waals surface area contributed by atoms with Crippen LogP contribution in [0.15, 0.2) is 0 Å². The number of hydrogen-bond acceptors (Lipinski definition) is 2. The van der Waals surface area contributed by atoms with Crippen molar-refractivity contribution in [2.75, 3.05) is 19.6 Å². The van der Waals surface area contributed by atoms with Gasteiger partial charge in [0.15, 0.2) is 0 Å². The summed E-state index contributed by atoms with van der Waals surface area (Å²) in [6.45, 7) is 10.3. The zero-order valence-corrected chi connectivity index (χ0v) is 12.7. The van der Waals surface area contributed by atoms with Crippen molar-refractivity contribution < 1.29 is 5.11 Å². The van der Waals surface area contributed by atoms with Gasteiger partial charge in [-0.25, -0.2) is 0 Å². The molecule has 1 saturated carbocycles. The van der Waals surface area contributed by atoms with Gasteiger partial charge in [-0.2, -0.15) is 0 Å². The summed E-state index contributed by atoms with van der Waals surface area (Å²) in [6, 6.07) is 0. The molecule has 1 aliphatic carbocycles. The SMILES string of the molecule is CC.CC1CCN(CCCC2CCC(O)CC2)C1. The quantitative estimate of drug-likeness (QED) is 0.828. The van der Waals surface area contributed by atoms with Crippen molar-refractivity contribution in [1.82, 2.24) is 4.90 Å². The third kappa shape index (κ3) is 5.71. The molecule has 1 aliphatic heterocycles. The number of nitrogens with zero attached hydrogens (tertiary/aromatic N) is 1. The van der Waals surface area contributed by atoms with Crippen LogP contribution in [0.3, 0.4) is 0 Å². The molecule has 0 radical (unpaired) electrons. The fourth-order valence-corrected chi connectivity index (χ4v) is 3.27. The molecule has 0 bridgehead atoms. The van der Waals surface area contributed by atoms with Crippen LogP contribution in [-0.4, -0.2) is 35.7 Å². The predicted molar refractivity (Wildman–Crippen MR) is 78.8 cm³/mol. The van der Waals surface area contributed by atoms with Gasteiger partial charge in [0.25, 0.3) is 0 Å². The second kappa shape index (κ2) is 8.92. The smallest absolute Gasteiger partial charge is 0.0540 e. The van der Waals surface area contributed by atoms with Crippen LogP contribution in [0.5, 0.6) is 0 Å². The molecule has 2 heteroatoms. The van der Waals surface area contributed by atoms with Gasteiger partial charge in [-0.15, -0.1) is 0 Å². The summed E-state index contributed by atoms with van der Waals surface area (Å²) in [5.74, 6) is 1.83. The van der Waals surface area contributed by atoms with Crippen LogP contribution in [0, 0.1) is 11.8 Å². The summed E-state index contributed by atoms with van der Waals surface area (Å²) in [4.78, 5) is 2.63. The zero-order valence-electron chi connectivity index (χ0n) is 12.7. The Bertz CT molecular complexity index is 199. The lowest BCUT2D eigenvalue weighted by Crippen LogP contribution is -2.23. The maximum atomic E-state index is 9.45. The van der Waals surface area contributed by atoms with Gasteiger partial charge in [0.2, 0.25) is 0 Å². The minimum Gasteiger partial charge on any atom is -0.393 e.